The molecule has 0 aliphatic rings. The van der Waals surface area contributed by atoms with Crippen LogP contribution in [0.25, 0.3) is 16.2 Å². The van der Waals surface area contributed by atoms with Gasteiger partial charge in [0.1, 0.15) is 5.69 Å². The third-order valence-corrected chi connectivity index (χ3v) is 4.62. The van der Waals surface area contributed by atoms with Gasteiger partial charge in [-0.1, -0.05) is 19.1 Å². The lowest BCUT2D eigenvalue weighted by Gasteiger charge is -2.08. The van der Waals surface area contributed by atoms with Crippen molar-refractivity contribution in [2.75, 3.05) is 19.4 Å². The van der Waals surface area contributed by atoms with Crippen molar-refractivity contribution in [3.05, 3.63) is 41.5 Å². The summed E-state index contributed by atoms with van der Waals surface area (Å²) in [6, 6.07) is 7.56. The molecule has 0 bridgehead atoms. The van der Waals surface area contributed by atoms with Crippen LogP contribution in [-0.4, -0.2) is 40.2 Å². The molecule has 2 heterocycles. The Bertz CT molecular complexity index is 909. The summed E-state index contributed by atoms with van der Waals surface area (Å²) >= 11 is 1.44. The Morgan fingerprint density at radius 3 is 2.60 bits per heavy atom. The zero-order chi connectivity index (χ0) is 18.0. The second-order valence-electron chi connectivity index (χ2n) is 5.97. The number of nitrogens with zero attached hydrogens (tertiary/aromatic N) is 3. The van der Waals surface area contributed by atoms with Crippen LogP contribution in [0.2, 0.25) is 0 Å². The average molecular weight is 356 g/mol. The molecule has 1 N–H and O–H groups in total. The fourth-order valence-corrected chi connectivity index (χ4v) is 3.33. The van der Waals surface area contributed by atoms with E-state index < -0.39 is 0 Å². The lowest BCUT2D eigenvalue weighted by atomic mass is 10.1. The van der Waals surface area contributed by atoms with Crippen molar-refractivity contribution in [3.63, 3.8) is 0 Å². The Labute approximate surface area is 150 Å². The van der Waals surface area contributed by atoms with E-state index in [1.165, 1.54) is 11.3 Å². The molecular formula is C18H20N4O2S. The zero-order valence-corrected chi connectivity index (χ0v) is 15.3. The van der Waals surface area contributed by atoms with E-state index >= 15 is 0 Å². The first-order valence-electron chi connectivity index (χ1n) is 8.08. The van der Waals surface area contributed by atoms with Crippen molar-refractivity contribution >= 4 is 33.8 Å². The minimum absolute atomic E-state index is 0.0181. The summed E-state index contributed by atoms with van der Waals surface area (Å²) in [5.41, 5.74) is 3.11. The molecule has 0 saturated heterocycles. The molecule has 0 saturated carbocycles. The van der Waals surface area contributed by atoms with Gasteiger partial charge in [-0.05, 0) is 18.6 Å². The number of aromatic nitrogens is 2. The highest BCUT2D eigenvalue weighted by Gasteiger charge is 2.16. The summed E-state index contributed by atoms with van der Waals surface area (Å²) < 4.78 is 1.82. The van der Waals surface area contributed by atoms with Crippen LogP contribution in [0.4, 0.5) is 5.69 Å². The third kappa shape index (κ3) is 3.56. The molecule has 0 aliphatic heterocycles. The molecule has 130 valence electrons. The monoisotopic (exact) mass is 356 g/mol. The number of hydrogen-bond acceptors (Lipinski definition) is 4. The lowest BCUT2D eigenvalue weighted by Crippen LogP contribution is -2.22. The highest BCUT2D eigenvalue weighted by molar-refractivity contribution is 7.15. The number of hydrogen-bond donors (Lipinski definition) is 1. The molecule has 6 nitrogen and oxygen atoms in total. The van der Waals surface area contributed by atoms with Crippen LogP contribution >= 0.6 is 11.3 Å². The van der Waals surface area contributed by atoms with Gasteiger partial charge in [0.25, 0.3) is 5.91 Å². The van der Waals surface area contributed by atoms with Gasteiger partial charge in [-0.3, -0.25) is 14.0 Å². The molecule has 0 fully saturated rings. The van der Waals surface area contributed by atoms with Crippen LogP contribution in [0, 0.1) is 0 Å². The molecule has 25 heavy (non-hydrogen) atoms. The molecule has 0 aliphatic carbocycles. The molecular weight excluding hydrogens is 336 g/mol. The van der Waals surface area contributed by atoms with Gasteiger partial charge in [-0.25, -0.2) is 4.98 Å². The molecule has 2 aromatic heterocycles. The topological polar surface area (TPSA) is 66.7 Å². The standard InChI is InChI=1S/C18H20N4O2S/c1-4-5-16(23)19-13-8-6-12(7-9-13)14-10-22-15(17(24)21(2)3)11-25-18(22)20-14/h6-11H,4-5H2,1-3H3,(H,19,23). The molecule has 0 spiro atoms. The van der Waals surface area contributed by atoms with Gasteiger partial charge in [0, 0.05) is 43.3 Å². The third-order valence-electron chi connectivity index (χ3n) is 3.78. The average Bonchev–Trinajstić information content (AvgIpc) is 3.15. The van der Waals surface area contributed by atoms with Gasteiger partial charge < -0.3 is 10.2 Å². The highest BCUT2D eigenvalue weighted by Crippen LogP contribution is 2.25. The Morgan fingerprint density at radius 2 is 1.96 bits per heavy atom. The van der Waals surface area contributed by atoms with Gasteiger partial charge in [0.05, 0.1) is 5.69 Å². The van der Waals surface area contributed by atoms with Crippen molar-refractivity contribution in [1.29, 1.82) is 0 Å². The highest BCUT2D eigenvalue weighted by atomic mass is 32.1. The molecule has 0 unspecified atom stereocenters. The molecule has 0 radical (unpaired) electrons. The van der Waals surface area contributed by atoms with Crippen LogP contribution in [0.15, 0.2) is 35.8 Å². The SMILES string of the molecule is CCCC(=O)Nc1ccc(-c2cn3c(C(=O)N(C)C)csc3n2)cc1. The van der Waals surface area contributed by atoms with E-state index in [4.69, 9.17) is 0 Å². The van der Waals surface area contributed by atoms with Gasteiger partial charge >= 0.3 is 0 Å². The van der Waals surface area contributed by atoms with Crippen LogP contribution < -0.4 is 5.32 Å². The first-order chi connectivity index (χ1) is 12.0. The van der Waals surface area contributed by atoms with Crippen molar-refractivity contribution in [2.24, 2.45) is 0 Å². The Morgan fingerprint density at radius 1 is 1.24 bits per heavy atom. The molecule has 3 aromatic rings. The van der Waals surface area contributed by atoms with Gasteiger partial charge in [0.2, 0.25) is 5.91 Å². The fraction of sp³-hybridized carbons (Fsp3) is 0.278. The van der Waals surface area contributed by atoms with E-state index in [2.05, 4.69) is 10.3 Å². The summed E-state index contributed by atoms with van der Waals surface area (Å²) in [4.78, 5) is 30.8. The van der Waals surface area contributed by atoms with E-state index in [1.807, 2.05) is 47.2 Å². The predicted molar refractivity (Wildman–Crippen MR) is 100 cm³/mol. The second-order valence-corrected chi connectivity index (χ2v) is 6.81. The van der Waals surface area contributed by atoms with Gasteiger partial charge in [-0.15, -0.1) is 11.3 Å². The van der Waals surface area contributed by atoms with E-state index in [0.717, 1.165) is 28.3 Å². The summed E-state index contributed by atoms with van der Waals surface area (Å²) in [7, 11) is 3.46. The number of nitrogens with one attached hydrogen (secondary N) is 1. The maximum atomic E-state index is 12.2. The molecule has 2 amide bonds. The first kappa shape index (κ1) is 17.2. The number of imidazole rings is 1. The minimum Gasteiger partial charge on any atom is -0.343 e. The number of carbonyl (C=O) groups is 2. The van der Waals surface area contributed by atoms with Gasteiger partial charge in [0.15, 0.2) is 4.96 Å². The first-order valence-corrected chi connectivity index (χ1v) is 8.96. The maximum Gasteiger partial charge on any atom is 0.271 e. The van der Waals surface area contributed by atoms with Crippen molar-refractivity contribution < 1.29 is 9.59 Å². The number of anilines is 1. The largest absolute Gasteiger partial charge is 0.343 e. The van der Waals surface area contributed by atoms with E-state index in [0.29, 0.717) is 12.1 Å². The molecule has 1 aromatic carbocycles. The number of carbonyl (C=O) groups excluding carboxylic acids is 2. The number of rotatable bonds is 5. The molecule has 0 atom stereocenters. The normalized spacial score (nSPS) is 10.8. The Balaban J connectivity index is 1.84. The smallest absolute Gasteiger partial charge is 0.271 e. The Hall–Kier alpha value is -2.67. The summed E-state index contributed by atoms with van der Waals surface area (Å²) in [5.74, 6) is -0.0335. The number of thiazole rings is 1. The molecule has 3 rings (SSSR count). The van der Waals surface area contributed by atoms with Crippen LogP contribution in [0.5, 0.6) is 0 Å². The number of amides is 2. The minimum atomic E-state index is -0.0517. The summed E-state index contributed by atoms with van der Waals surface area (Å²) in [6.07, 6.45) is 3.21. The van der Waals surface area contributed by atoms with Crippen molar-refractivity contribution in [1.82, 2.24) is 14.3 Å². The number of benzene rings is 1. The zero-order valence-electron chi connectivity index (χ0n) is 14.4. The molecule has 7 heteroatoms. The van der Waals surface area contributed by atoms with Crippen LogP contribution in [-0.2, 0) is 4.79 Å². The second kappa shape index (κ2) is 7.06. The van der Waals surface area contributed by atoms with E-state index in [-0.39, 0.29) is 11.8 Å². The van der Waals surface area contributed by atoms with Gasteiger partial charge in [-0.2, -0.15) is 0 Å². The summed E-state index contributed by atoms with van der Waals surface area (Å²) in [6.45, 7) is 1.97. The van der Waals surface area contributed by atoms with Crippen LogP contribution in [0.3, 0.4) is 0 Å². The quantitative estimate of drug-likeness (QED) is 0.761. The fourth-order valence-electron chi connectivity index (χ4n) is 2.48. The Kier molecular flexibility index (Phi) is 4.85. The summed E-state index contributed by atoms with van der Waals surface area (Å²) in [5, 5.41) is 4.69. The lowest BCUT2D eigenvalue weighted by molar-refractivity contribution is -0.116. The van der Waals surface area contributed by atoms with Crippen LogP contribution in [0.1, 0.15) is 30.3 Å². The number of fused-ring (bicyclic) bond motifs is 1. The predicted octanol–water partition coefficient (Wildman–Crippen LogP) is 3.50. The van der Waals surface area contributed by atoms with Crippen molar-refractivity contribution in [2.45, 2.75) is 19.8 Å². The maximum absolute atomic E-state index is 12.2. The van der Waals surface area contributed by atoms with E-state index in [1.54, 1.807) is 19.0 Å². The van der Waals surface area contributed by atoms with E-state index in [9.17, 15) is 9.59 Å². The van der Waals surface area contributed by atoms with Crippen molar-refractivity contribution in [3.8, 4) is 11.3 Å².